The normalized spacial score (nSPS) is 16.1. The van der Waals surface area contributed by atoms with E-state index in [1.807, 2.05) is 0 Å². The van der Waals surface area contributed by atoms with Crippen molar-refractivity contribution in [3.8, 4) is 0 Å². The van der Waals surface area contributed by atoms with Gasteiger partial charge in [0.15, 0.2) is 5.78 Å². The number of Topliss-reactive ketones (excluding diaryl/α,β-unsaturated/α-hetero) is 1. The van der Waals surface area contributed by atoms with Crippen molar-refractivity contribution in [2.24, 2.45) is 11.7 Å². The Morgan fingerprint density at radius 1 is 1.44 bits per heavy atom. The highest BCUT2D eigenvalue weighted by Gasteiger charge is 2.29. The van der Waals surface area contributed by atoms with Gasteiger partial charge in [-0.1, -0.05) is 12.1 Å². The number of amides is 1. The molecule has 0 heterocycles. The van der Waals surface area contributed by atoms with Gasteiger partial charge in [0.25, 0.3) is 0 Å². The van der Waals surface area contributed by atoms with E-state index in [0.717, 1.165) is 12.8 Å². The van der Waals surface area contributed by atoms with Gasteiger partial charge in [-0.2, -0.15) is 0 Å². The van der Waals surface area contributed by atoms with E-state index in [0.29, 0.717) is 23.6 Å². The Morgan fingerprint density at radius 2 is 2.17 bits per heavy atom. The van der Waals surface area contributed by atoms with Gasteiger partial charge in [0.05, 0.1) is 0 Å². The zero-order chi connectivity index (χ0) is 13.1. The van der Waals surface area contributed by atoms with Crippen LogP contribution in [0.5, 0.6) is 0 Å². The van der Waals surface area contributed by atoms with Gasteiger partial charge in [-0.05, 0) is 37.8 Å². The molecule has 0 saturated heterocycles. The number of hydrogen-bond acceptors (Lipinski definition) is 3. The lowest BCUT2D eigenvalue weighted by Crippen LogP contribution is -2.28. The molecule has 3 N–H and O–H groups in total. The number of nitrogens with two attached hydrogens (primary N) is 1. The Labute approximate surface area is 107 Å². The summed E-state index contributed by atoms with van der Waals surface area (Å²) in [6, 6.07) is 6.90. The fourth-order valence-electron chi connectivity index (χ4n) is 1.93. The van der Waals surface area contributed by atoms with Crippen molar-refractivity contribution in [3.05, 3.63) is 29.8 Å². The highest BCUT2D eigenvalue weighted by atomic mass is 16.1. The summed E-state index contributed by atoms with van der Waals surface area (Å²) in [6.45, 7) is 1.50. The van der Waals surface area contributed by atoms with Crippen molar-refractivity contribution in [1.29, 1.82) is 0 Å². The second-order valence-corrected chi connectivity index (χ2v) is 4.89. The van der Waals surface area contributed by atoms with E-state index in [1.54, 1.807) is 24.3 Å². The van der Waals surface area contributed by atoms with Crippen molar-refractivity contribution in [2.75, 3.05) is 5.32 Å². The molecule has 1 aliphatic rings. The van der Waals surface area contributed by atoms with E-state index in [1.165, 1.54) is 6.92 Å². The first-order chi connectivity index (χ1) is 8.56. The molecule has 1 saturated carbocycles. The second kappa shape index (κ2) is 5.31. The standard InChI is InChI=1S/C14H18N2O2/c1-9(17)11-3-2-4-12(7-11)16-14(18)8-13(15)10-5-6-10/h2-4,7,10,13H,5-6,8,15H2,1H3,(H,16,18). The zero-order valence-corrected chi connectivity index (χ0v) is 10.5. The quantitative estimate of drug-likeness (QED) is 0.780. The molecule has 1 aliphatic carbocycles. The first kappa shape index (κ1) is 12.8. The minimum atomic E-state index is -0.0879. The van der Waals surface area contributed by atoms with Crippen molar-refractivity contribution < 1.29 is 9.59 Å². The minimum Gasteiger partial charge on any atom is -0.327 e. The third-order valence-electron chi connectivity index (χ3n) is 3.20. The number of hydrogen-bond donors (Lipinski definition) is 2. The number of nitrogens with one attached hydrogen (secondary N) is 1. The van der Waals surface area contributed by atoms with E-state index >= 15 is 0 Å². The lowest BCUT2D eigenvalue weighted by Gasteiger charge is -2.10. The Morgan fingerprint density at radius 3 is 2.78 bits per heavy atom. The lowest BCUT2D eigenvalue weighted by atomic mass is 10.1. The van der Waals surface area contributed by atoms with Crippen molar-refractivity contribution in [1.82, 2.24) is 0 Å². The van der Waals surface area contributed by atoms with E-state index in [2.05, 4.69) is 5.32 Å². The summed E-state index contributed by atoms with van der Waals surface area (Å²) in [6.07, 6.45) is 2.61. The Balaban J connectivity index is 1.93. The largest absolute Gasteiger partial charge is 0.327 e. The highest BCUT2D eigenvalue weighted by Crippen LogP contribution is 2.32. The van der Waals surface area contributed by atoms with Crippen LogP contribution in [0.1, 0.15) is 36.5 Å². The van der Waals surface area contributed by atoms with Gasteiger partial charge < -0.3 is 11.1 Å². The molecule has 18 heavy (non-hydrogen) atoms. The summed E-state index contributed by atoms with van der Waals surface area (Å²) in [5.41, 5.74) is 7.14. The van der Waals surface area contributed by atoms with Crippen molar-refractivity contribution in [2.45, 2.75) is 32.2 Å². The zero-order valence-electron chi connectivity index (χ0n) is 10.5. The summed E-state index contributed by atoms with van der Waals surface area (Å²) in [5, 5.41) is 2.78. The van der Waals surface area contributed by atoms with Gasteiger partial charge in [0, 0.05) is 23.7 Å². The van der Waals surface area contributed by atoms with Crippen LogP contribution in [0.25, 0.3) is 0 Å². The maximum absolute atomic E-state index is 11.8. The predicted octanol–water partition coefficient (Wildman–Crippen LogP) is 1.96. The second-order valence-electron chi connectivity index (χ2n) is 4.89. The molecule has 1 aromatic carbocycles. The maximum atomic E-state index is 11.8. The Hall–Kier alpha value is -1.68. The molecule has 1 fully saturated rings. The lowest BCUT2D eigenvalue weighted by molar-refractivity contribution is -0.116. The molecule has 1 aromatic rings. The van der Waals surface area contributed by atoms with Gasteiger partial charge in [-0.15, -0.1) is 0 Å². The highest BCUT2D eigenvalue weighted by molar-refractivity contribution is 5.97. The van der Waals surface area contributed by atoms with Crippen molar-refractivity contribution in [3.63, 3.8) is 0 Å². The molecule has 96 valence electrons. The molecule has 0 aromatic heterocycles. The van der Waals surface area contributed by atoms with Crippen LogP contribution in [0.3, 0.4) is 0 Å². The van der Waals surface area contributed by atoms with Crippen LogP contribution >= 0.6 is 0 Å². The monoisotopic (exact) mass is 246 g/mol. The number of carbonyl (C=O) groups is 2. The van der Waals surface area contributed by atoms with Crippen LogP contribution in [0.2, 0.25) is 0 Å². The Bertz CT molecular complexity index is 467. The predicted molar refractivity (Wildman–Crippen MR) is 70.4 cm³/mol. The maximum Gasteiger partial charge on any atom is 0.225 e. The van der Waals surface area contributed by atoms with Crippen molar-refractivity contribution >= 4 is 17.4 Å². The summed E-state index contributed by atoms with van der Waals surface area (Å²) in [4.78, 5) is 23.0. The van der Waals surface area contributed by atoms with Gasteiger partial charge >= 0.3 is 0 Å². The third kappa shape index (κ3) is 3.40. The van der Waals surface area contributed by atoms with Gasteiger partial charge in [0.2, 0.25) is 5.91 Å². The molecular formula is C14H18N2O2. The third-order valence-corrected chi connectivity index (χ3v) is 3.20. The first-order valence-corrected chi connectivity index (χ1v) is 6.22. The van der Waals surface area contributed by atoms with Crippen LogP contribution in [0.15, 0.2) is 24.3 Å². The molecule has 4 nitrogen and oxygen atoms in total. The fraction of sp³-hybridized carbons (Fsp3) is 0.429. The molecule has 4 heteroatoms. The number of ketones is 1. The molecule has 1 atom stereocenters. The molecule has 0 radical (unpaired) electrons. The SMILES string of the molecule is CC(=O)c1cccc(NC(=O)CC(N)C2CC2)c1. The average molecular weight is 246 g/mol. The molecule has 0 aliphatic heterocycles. The number of benzene rings is 1. The van der Waals surface area contributed by atoms with Gasteiger partial charge in [0.1, 0.15) is 0 Å². The van der Waals surface area contributed by atoms with E-state index < -0.39 is 0 Å². The fourth-order valence-corrected chi connectivity index (χ4v) is 1.93. The molecule has 1 amide bonds. The molecular weight excluding hydrogens is 228 g/mol. The summed E-state index contributed by atoms with van der Waals surface area (Å²) >= 11 is 0. The molecule has 2 rings (SSSR count). The van der Waals surface area contributed by atoms with Crippen LogP contribution in [0, 0.1) is 5.92 Å². The summed E-state index contributed by atoms with van der Waals surface area (Å²) in [7, 11) is 0. The summed E-state index contributed by atoms with van der Waals surface area (Å²) < 4.78 is 0. The average Bonchev–Trinajstić information content (AvgIpc) is 3.12. The van der Waals surface area contributed by atoms with Crippen LogP contribution in [-0.4, -0.2) is 17.7 Å². The van der Waals surface area contributed by atoms with Gasteiger partial charge in [-0.25, -0.2) is 0 Å². The molecule has 0 bridgehead atoms. The number of rotatable bonds is 5. The topological polar surface area (TPSA) is 72.2 Å². The van der Waals surface area contributed by atoms with Gasteiger partial charge in [-0.3, -0.25) is 9.59 Å². The number of carbonyl (C=O) groups excluding carboxylic acids is 2. The van der Waals surface area contributed by atoms with Crippen LogP contribution in [-0.2, 0) is 4.79 Å². The first-order valence-electron chi connectivity index (χ1n) is 6.22. The van der Waals surface area contributed by atoms with Crippen LogP contribution < -0.4 is 11.1 Å². The smallest absolute Gasteiger partial charge is 0.225 e. The van der Waals surface area contributed by atoms with E-state index in [4.69, 9.17) is 5.73 Å². The molecule has 0 spiro atoms. The van der Waals surface area contributed by atoms with E-state index in [9.17, 15) is 9.59 Å². The Kier molecular flexibility index (Phi) is 3.77. The minimum absolute atomic E-state index is 0.0132. The summed E-state index contributed by atoms with van der Waals surface area (Å²) in [5.74, 6) is 0.412. The van der Waals surface area contributed by atoms with E-state index in [-0.39, 0.29) is 17.7 Å². The molecule has 1 unspecified atom stereocenters. The number of anilines is 1. The van der Waals surface area contributed by atoms with Crippen LogP contribution in [0.4, 0.5) is 5.69 Å².